The molecule has 0 bridgehead atoms. The van der Waals surface area contributed by atoms with Gasteiger partial charge in [-0.25, -0.2) is 4.79 Å². The van der Waals surface area contributed by atoms with Crippen molar-refractivity contribution in [1.29, 1.82) is 0 Å². The van der Waals surface area contributed by atoms with E-state index in [0.717, 1.165) is 17.5 Å². The second-order valence-electron chi connectivity index (χ2n) is 8.51. The molecule has 1 aliphatic heterocycles. The van der Waals surface area contributed by atoms with E-state index >= 15 is 0 Å². The summed E-state index contributed by atoms with van der Waals surface area (Å²) in [6.45, 7) is 5.42. The molecule has 1 aliphatic rings. The maximum Gasteiger partial charge on any atom is 0.338 e. The zero-order valence-corrected chi connectivity index (χ0v) is 20.5. The van der Waals surface area contributed by atoms with Crippen LogP contribution in [0.3, 0.4) is 0 Å². The van der Waals surface area contributed by atoms with Gasteiger partial charge in [0, 0.05) is 13.1 Å². The summed E-state index contributed by atoms with van der Waals surface area (Å²) in [7, 11) is 4.69. The number of nitrogens with zero attached hydrogens (tertiary/aromatic N) is 1. The Morgan fingerprint density at radius 1 is 0.912 bits per heavy atom. The van der Waals surface area contributed by atoms with Gasteiger partial charge in [-0.2, -0.15) is 0 Å². The fourth-order valence-electron chi connectivity index (χ4n) is 3.72. The Morgan fingerprint density at radius 2 is 1.56 bits per heavy atom. The largest absolute Gasteiger partial charge is 0.493 e. The van der Waals surface area contributed by atoms with E-state index in [4.69, 9.17) is 23.7 Å². The van der Waals surface area contributed by atoms with Gasteiger partial charge < -0.3 is 28.6 Å². The summed E-state index contributed by atoms with van der Waals surface area (Å²) in [5.74, 6) is 1.97. The van der Waals surface area contributed by atoms with Crippen LogP contribution < -0.4 is 18.9 Å². The number of fused-ring (bicyclic) bond motifs is 1. The lowest BCUT2D eigenvalue weighted by molar-refractivity contribution is -0.135. The van der Waals surface area contributed by atoms with Gasteiger partial charge in [0.2, 0.25) is 0 Å². The molecule has 0 N–H and O–H groups in total. The molecule has 2 aromatic rings. The first-order valence-corrected chi connectivity index (χ1v) is 11.4. The summed E-state index contributed by atoms with van der Waals surface area (Å²) >= 11 is 0. The maximum atomic E-state index is 12.7. The number of carbonyl (C=O) groups is 2. The molecule has 8 heteroatoms. The van der Waals surface area contributed by atoms with Crippen LogP contribution in [0.4, 0.5) is 0 Å². The molecule has 0 aliphatic carbocycles. The quantitative estimate of drug-likeness (QED) is 0.486. The molecule has 0 atom stereocenters. The van der Waals surface area contributed by atoms with Crippen molar-refractivity contribution in [2.75, 3.05) is 41.1 Å². The van der Waals surface area contributed by atoms with Crippen LogP contribution in [-0.2, 0) is 22.5 Å². The van der Waals surface area contributed by atoms with Crippen molar-refractivity contribution in [1.82, 2.24) is 4.90 Å². The predicted octanol–water partition coefficient (Wildman–Crippen LogP) is 3.88. The third kappa shape index (κ3) is 6.12. The Kier molecular flexibility index (Phi) is 8.62. The Balaban J connectivity index is 1.58. The molecule has 0 spiro atoms. The van der Waals surface area contributed by atoms with Crippen molar-refractivity contribution in [3.8, 4) is 23.0 Å². The Hall–Kier alpha value is -3.42. The zero-order chi connectivity index (χ0) is 24.7. The standard InChI is InChI=1S/C26H33NO7/c1-17(2)9-11-33-21-7-6-19(13-22(21)30-3)26(29)34-16-25(28)27-10-8-18-12-23(31-4)24(32-5)14-20(18)15-27/h6-7,12-14,17H,8-11,15-16H2,1-5H3. The molecule has 184 valence electrons. The minimum absolute atomic E-state index is 0.255. The van der Waals surface area contributed by atoms with E-state index < -0.39 is 5.97 Å². The van der Waals surface area contributed by atoms with E-state index in [9.17, 15) is 9.59 Å². The number of amides is 1. The van der Waals surface area contributed by atoms with Crippen molar-refractivity contribution in [2.45, 2.75) is 33.2 Å². The average molecular weight is 472 g/mol. The first-order chi connectivity index (χ1) is 16.4. The molecular formula is C26H33NO7. The number of rotatable bonds is 10. The lowest BCUT2D eigenvalue weighted by Gasteiger charge is -2.29. The molecule has 8 nitrogen and oxygen atoms in total. The van der Waals surface area contributed by atoms with Crippen LogP contribution in [0.5, 0.6) is 23.0 Å². The minimum atomic E-state index is -0.593. The molecular weight excluding hydrogens is 438 g/mol. The Labute approximate surface area is 200 Å². The second kappa shape index (κ2) is 11.6. The number of carbonyl (C=O) groups excluding carboxylic acids is 2. The highest BCUT2D eigenvalue weighted by atomic mass is 16.5. The molecule has 0 unspecified atom stereocenters. The number of hydrogen-bond donors (Lipinski definition) is 0. The third-order valence-electron chi connectivity index (χ3n) is 5.75. The van der Waals surface area contributed by atoms with Gasteiger partial charge >= 0.3 is 5.97 Å². The monoisotopic (exact) mass is 471 g/mol. The lowest BCUT2D eigenvalue weighted by Crippen LogP contribution is -2.38. The van der Waals surface area contributed by atoms with Crippen LogP contribution in [0.1, 0.15) is 41.8 Å². The molecule has 2 aromatic carbocycles. The lowest BCUT2D eigenvalue weighted by atomic mass is 9.99. The van der Waals surface area contributed by atoms with Gasteiger partial charge in [0.05, 0.1) is 33.5 Å². The van der Waals surface area contributed by atoms with Crippen LogP contribution in [-0.4, -0.2) is 57.9 Å². The SMILES string of the molecule is COc1cc2c(cc1OC)CN(C(=O)COC(=O)c1ccc(OCCC(C)C)c(OC)c1)CC2. The molecule has 3 rings (SSSR count). The first-order valence-electron chi connectivity index (χ1n) is 11.4. The molecule has 0 fully saturated rings. The third-order valence-corrected chi connectivity index (χ3v) is 5.75. The molecule has 0 saturated carbocycles. The highest BCUT2D eigenvalue weighted by molar-refractivity contribution is 5.92. The van der Waals surface area contributed by atoms with Gasteiger partial charge in [-0.05, 0) is 60.2 Å². The molecule has 0 radical (unpaired) electrons. The van der Waals surface area contributed by atoms with E-state index in [1.54, 1.807) is 37.3 Å². The highest BCUT2D eigenvalue weighted by Crippen LogP contribution is 2.33. The predicted molar refractivity (Wildman–Crippen MR) is 127 cm³/mol. The fraction of sp³-hybridized carbons (Fsp3) is 0.462. The summed E-state index contributed by atoms with van der Waals surface area (Å²) in [6.07, 6.45) is 1.60. The topological polar surface area (TPSA) is 83.5 Å². The highest BCUT2D eigenvalue weighted by Gasteiger charge is 2.24. The van der Waals surface area contributed by atoms with Crippen molar-refractivity contribution < 1.29 is 33.3 Å². The summed E-state index contributed by atoms with van der Waals surface area (Å²) < 4.78 is 27.1. The number of hydrogen-bond acceptors (Lipinski definition) is 7. The Morgan fingerprint density at radius 3 is 2.21 bits per heavy atom. The average Bonchev–Trinajstić information content (AvgIpc) is 2.85. The molecule has 34 heavy (non-hydrogen) atoms. The van der Waals surface area contributed by atoms with Crippen molar-refractivity contribution in [2.24, 2.45) is 5.92 Å². The van der Waals surface area contributed by atoms with E-state index in [-0.39, 0.29) is 12.5 Å². The minimum Gasteiger partial charge on any atom is -0.493 e. The number of methoxy groups -OCH3 is 3. The van der Waals surface area contributed by atoms with Crippen molar-refractivity contribution in [3.63, 3.8) is 0 Å². The summed E-state index contributed by atoms with van der Waals surface area (Å²) in [5, 5.41) is 0. The van der Waals surface area contributed by atoms with Crippen LogP contribution in [0, 0.1) is 5.92 Å². The van der Waals surface area contributed by atoms with E-state index in [1.807, 2.05) is 12.1 Å². The molecule has 0 saturated heterocycles. The molecule has 1 heterocycles. The van der Waals surface area contributed by atoms with Crippen LogP contribution in [0.2, 0.25) is 0 Å². The normalized spacial score (nSPS) is 12.7. The first kappa shape index (κ1) is 25.2. The number of benzene rings is 2. The van der Waals surface area contributed by atoms with Gasteiger partial charge in [0.25, 0.3) is 5.91 Å². The fourth-order valence-corrected chi connectivity index (χ4v) is 3.72. The smallest absolute Gasteiger partial charge is 0.338 e. The van der Waals surface area contributed by atoms with E-state index in [0.29, 0.717) is 60.6 Å². The van der Waals surface area contributed by atoms with E-state index in [2.05, 4.69) is 13.8 Å². The second-order valence-corrected chi connectivity index (χ2v) is 8.51. The number of ether oxygens (including phenoxy) is 5. The molecule has 1 amide bonds. The van der Waals surface area contributed by atoms with Crippen molar-refractivity contribution >= 4 is 11.9 Å². The van der Waals surface area contributed by atoms with Crippen LogP contribution >= 0.6 is 0 Å². The van der Waals surface area contributed by atoms with Crippen molar-refractivity contribution in [3.05, 3.63) is 47.0 Å². The summed E-state index contributed by atoms with van der Waals surface area (Å²) in [6, 6.07) is 8.68. The zero-order valence-electron chi connectivity index (χ0n) is 20.5. The van der Waals surface area contributed by atoms with E-state index in [1.165, 1.54) is 7.11 Å². The Bertz CT molecular complexity index is 1020. The number of esters is 1. The van der Waals surface area contributed by atoms with Gasteiger partial charge in [0.1, 0.15) is 0 Å². The summed E-state index contributed by atoms with van der Waals surface area (Å²) in [5.41, 5.74) is 2.39. The van der Waals surface area contributed by atoms with Gasteiger partial charge in [0.15, 0.2) is 29.6 Å². The van der Waals surface area contributed by atoms with Gasteiger partial charge in [-0.3, -0.25) is 4.79 Å². The molecule has 0 aromatic heterocycles. The van der Waals surface area contributed by atoms with Gasteiger partial charge in [-0.1, -0.05) is 13.8 Å². The summed E-state index contributed by atoms with van der Waals surface area (Å²) in [4.78, 5) is 26.9. The van der Waals surface area contributed by atoms with Crippen LogP contribution in [0.15, 0.2) is 30.3 Å². The van der Waals surface area contributed by atoms with Gasteiger partial charge in [-0.15, -0.1) is 0 Å². The van der Waals surface area contributed by atoms with Crippen LogP contribution in [0.25, 0.3) is 0 Å². The maximum absolute atomic E-state index is 12.7.